The van der Waals surface area contributed by atoms with Gasteiger partial charge in [-0.3, -0.25) is 4.90 Å². The average Bonchev–Trinajstić information content (AvgIpc) is 3.02. The molecule has 1 aliphatic rings. The Morgan fingerprint density at radius 2 is 1.85 bits per heavy atom. The Morgan fingerprint density at radius 1 is 1.08 bits per heavy atom. The molecule has 1 N–H and O–H groups in total. The molecule has 26 heavy (non-hydrogen) atoms. The first kappa shape index (κ1) is 16.9. The van der Waals surface area contributed by atoms with Gasteiger partial charge in [-0.05, 0) is 35.6 Å². The first-order valence-corrected chi connectivity index (χ1v) is 9.03. The van der Waals surface area contributed by atoms with Crippen molar-refractivity contribution in [1.82, 2.24) is 15.1 Å². The highest BCUT2D eigenvalue weighted by Crippen LogP contribution is 2.27. The summed E-state index contributed by atoms with van der Waals surface area (Å²) in [6.45, 7) is 4.27. The lowest BCUT2D eigenvalue weighted by atomic mass is 10.0. The highest BCUT2D eigenvalue weighted by molar-refractivity contribution is 5.30. The third kappa shape index (κ3) is 3.69. The highest BCUT2D eigenvalue weighted by Gasteiger charge is 2.21. The summed E-state index contributed by atoms with van der Waals surface area (Å²) in [5.74, 6) is 1.27. The zero-order valence-corrected chi connectivity index (χ0v) is 14.9. The third-order valence-corrected chi connectivity index (χ3v) is 5.00. The maximum atomic E-state index is 10.3. The van der Waals surface area contributed by atoms with Gasteiger partial charge in [0, 0.05) is 13.1 Å². The summed E-state index contributed by atoms with van der Waals surface area (Å²) < 4.78 is 5.87. The molecule has 0 spiro atoms. The van der Waals surface area contributed by atoms with E-state index in [1.807, 2.05) is 30.3 Å². The molecule has 0 amide bonds. The molecule has 4 rings (SSSR count). The summed E-state index contributed by atoms with van der Waals surface area (Å²) in [5, 5.41) is 18.8. The maximum Gasteiger partial charge on any atom is 0.230 e. The molecule has 0 aliphatic carbocycles. The molecule has 1 aliphatic heterocycles. The number of nitrogens with zero attached hydrogens (tertiary/aromatic N) is 3. The molecule has 134 valence electrons. The van der Waals surface area contributed by atoms with Crippen LogP contribution in [0.1, 0.15) is 46.6 Å². The van der Waals surface area contributed by atoms with Gasteiger partial charge in [-0.2, -0.15) is 0 Å². The first-order chi connectivity index (χ1) is 12.7. The van der Waals surface area contributed by atoms with Crippen LogP contribution in [0.3, 0.4) is 0 Å². The second-order valence-electron chi connectivity index (χ2n) is 6.91. The number of hydrogen-bond donors (Lipinski definition) is 1. The Labute approximate surface area is 153 Å². The number of rotatable bonds is 4. The van der Waals surface area contributed by atoms with Crippen molar-refractivity contribution in [1.29, 1.82) is 0 Å². The van der Waals surface area contributed by atoms with Crippen LogP contribution in [0, 0.1) is 6.92 Å². The molecular formula is C21H23N3O2. The summed E-state index contributed by atoms with van der Waals surface area (Å²) >= 11 is 0. The van der Waals surface area contributed by atoms with Gasteiger partial charge in [-0.25, -0.2) is 0 Å². The van der Waals surface area contributed by atoms with Crippen molar-refractivity contribution < 1.29 is 9.52 Å². The topological polar surface area (TPSA) is 62.4 Å². The van der Waals surface area contributed by atoms with Gasteiger partial charge in [0.2, 0.25) is 11.8 Å². The predicted octanol–water partition coefficient (Wildman–Crippen LogP) is 3.41. The van der Waals surface area contributed by atoms with Crippen LogP contribution >= 0.6 is 0 Å². The van der Waals surface area contributed by atoms with Crippen LogP contribution in [0.5, 0.6) is 0 Å². The normalized spacial score (nSPS) is 17.7. The van der Waals surface area contributed by atoms with Crippen LogP contribution in [0.4, 0.5) is 0 Å². The van der Waals surface area contributed by atoms with Gasteiger partial charge in [0.15, 0.2) is 0 Å². The third-order valence-electron chi connectivity index (χ3n) is 5.00. The molecule has 2 aromatic carbocycles. The van der Waals surface area contributed by atoms with E-state index in [0.717, 1.165) is 24.2 Å². The molecule has 2 heterocycles. The Hall–Kier alpha value is -2.50. The van der Waals surface area contributed by atoms with Crippen LogP contribution in [0.25, 0.3) is 0 Å². The van der Waals surface area contributed by atoms with Gasteiger partial charge in [-0.15, -0.1) is 10.2 Å². The SMILES string of the molecule is Cc1ccccc1Cc1nnc(CN2CCC(O)c3ccccc3C2)o1. The summed E-state index contributed by atoms with van der Waals surface area (Å²) in [4.78, 5) is 2.25. The summed E-state index contributed by atoms with van der Waals surface area (Å²) in [5.41, 5.74) is 4.62. The van der Waals surface area contributed by atoms with E-state index >= 15 is 0 Å². The number of aromatic nitrogens is 2. The number of aryl methyl sites for hydroxylation is 1. The van der Waals surface area contributed by atoms with Crippen molar-refractivity contribution in [3.63, 3.8) is 0 Å². The van der Waals surface area contributed by atoms with Crippen LogP contribution in [-0.4, -0.2) is 26.7 Å². The van der Waals surface area contributed by atoms with Crippen molar-refractivity contribution in [2.75, 3.05) is 6.54 Å². The molecule has 1 unspecified atom stereocenters. The number of benzene rings is 2. The summed E-state index contributed by atoms with van der Waals surface area (Å²) in [7, 11) is 0. The number of fused-ring (bicyclic) bond motifs is 1. The fourth-order valence-corrected chi connectivity index (χ4v) is 3.50. The van der Waals surface area contributed by atoms with Crippen LogP contribution in [0.2, 0.25) is 0 Å². The summed E-state index contributed by atoms with van der Waals surface area (Å²) in [6, 6.07) is 16.3. The molecule has 3 aromatic rings. The lowest BCUT2D eigenvalue weighted by molar-refractivity contribution is 0.146. The lowest BCUT2D eigenvalue weighted by Gasteiger charge is -2.17. The standard InChI is InChI=1S/C21H23N3O2/c1-15-6-2-3-7-16(15)12-20-22-23-21(26-20)14-24-11-10-19(25)18-9-5-4-8-17(18)13-24/h2-9,19,25H,10-14H2,1H3. The molecule has 0 saturated heterocycles. The molecule has 5 heteroatoms. The van der Waals surface area contributed by atoms with E-state index in [0.29, 0.717) is 31.2 Å². The predicted molar refractivity (Wildman–Crippen MR) is 98.4 cm³/mol. The zero-order valence-electron chi connectivity index (χ0n) is 14.9. The smallest absolute Gasteiger partial charge is 0.230 e. The second kappa shape index (κ2) is 7.40. The Balaban J connectivity index is 1.45. The largest absolute Gasteiger partial charge is 0.424 e. The number of aliphatic hydroxyl groups excluding tert-OH is 1. The summed E-state index contributed by atoms with van der Waals surface area (Å²) in [6.07, 6.45) is 0.957. The van der Waals surface area contributed by atoms with Gasteiger partial charge in [0.25, 0.3) is 0 Å². The molecular weight excluding hydrogens is 326 g/mol. The van der Waals surface area contributed by atoms with Gasteiger partial charge in [0.05, 0.1) is 19.1 Å². The minimum Gasteiger partial charge on any atom is -0.424 e. The van der Waals surface area contributed by atoms with E-state index in [1.165, 1.54) is 11.1 Å². The Bertz CT molecular complexity index is 890. The fraction of sp³-hybridized carbons (Fsp3) is 0.333. The van der Waals surface area contributed by atoms with Crippen molar-refractivity contribution >= 4 is 0 Å². The Kier molecular flexibility index (Phi) is 4.82. The van der Waals surface area contributed by atoms with Crippen LogP contribution in [0.15, 0.2) is 52.9 Å². The second-order valence-corrected chi connectivity index (χ2v) is 6.91. The molecule has 1 atom stereocenters. The lowest BCUT2D eigenvalue weighted by Crippen LogP contribution is -2.23. The van der Waals surface area contributed by atoms with Crippen LogP contribution in [-0.2, 0) is 19.5 Å². The highest BCUT2D eigenvalue weighted by atomic mass is 16.4. The Morgan fingerprint density at radius 3 is 2.73 bits per heavy atom. The van der Waals surface area contributed by atoms with E-state index in [-0.39, 0.29) is 0 Å². The van der Waals surface area contributed by atoms with E-state index in [4.69, 9.17) is 4.42 Å². The molecule has 5 nitrogen and oxygen atoms in total. The van der Waals surface area contributed by atoms with Gasteiger partial charge < -0.3 is 9.52 Å². The molecule has 1 aromatic heterocycles. The molecule has 0 saturated carbocycles. The zero-order chi connectivity index (χ0) is 17.9. The monoisotopic (exact) mass is 349 g/mol. The van der Waals surface area contributed by atoms with Crippen LogP contribution < -0.4 is 0 Å². The van der Waals surface area contributed by atoms with E-state index in [9.17, 15) is 5.11 Å². The van der Waals surface area contributed by atoms with Crippen molar-refractivity contribution in [3.8, 4) is 0 Å². The molecule has 0 radical (unpaired) electrons. The van der Waals surface area contributed by atoms with Crippen molar-refractivity contribution in [2.45, 2.75) is 39.0 Å². The van der Waals surface area contributed by atoms with Crippen molar-refractivity contribution in [2.24, 2.45) is 0 Å². The average molecular weight is 349 g/mol. The van der Waals surface area contributed by atoms with E-state index in [2.05, 4.69) is 40.2 Å². The first-order valence-electron chi connectivity index (χ1n) is 9.03. The van der Waals surface area contributed by atoms with Crippen molar-refractivity contribution in [3.05, 3.63) is 82.6 Å². The van der Waals surface area contributed by atoms with Gasteiger partial charge >= 0.3 is 0 Å². The molecule has 0 fully saturated rings. The minimum atomic E-state index is -0.407. The quantitative estimate of drug-likeness (QED) is 0.782. The number of aliphatic hydroxyl groups is 1. The van der Waals surface area contributed by atoms with E-state index < -0.39 is 6.10 Å². The van der Waals surface area contributed by atoms with Gasteiger partial charge in [0.1, 0.15) is 0 Å². The fourth-order valence-electron chi connectivity index (χ4n) is 3.50. The van der Waals surface area contributed by atoms with E-state index in [1.54, 1.807) is 0 Å². The maximum absolute atomic E-state index is 10.3. The number of hydrogen-bond acceptors (Lipinski definition) is 5. The molecule has 0 bridgehead atoms. The van der Waals surface area contributed by atoms with Gasteiger partial charge in [-0.1, -0.05) is 48.5 Å². The minimum absolute atomic E-state index is 0.407.